The number of para-hydroxylation sites is 1. The van der Waals surface area contributed by atoms with Crippen molar-refractivity contribution in [3.8, 4) is 0 Å². The standard InChI is InChI=1S/C18H20N2O2S2/c1-4-11(2)19-17(21)16-14(10-24-18-20-12(3)9-23-18)13-7-5-6-8-15(13)22-16/h5-9,11H,4,10H2,1-3H3,(H,19,21). The van der Waals surface area contributed by atoms with Gasteiger partial charge < -0.3 is 9.73 Å². The van der Waals surface area contributed by atoms with Crippen LogP contribution < -0.4 is 5.32 Å². The molecule has 0 spiro atoms. The Balaban J connectivity index is 1.91. The Morgan fingerprint density at radius 2 is 2.21 bits per heavy atom. The van der Waals surface area contributed by atoms with Crippen molar-refractivity contribution in [2.45, 2.75) is 43.3 Å². The highest BCUT2D eigenvalue weighted by Gasteiger charge is 2.21. The summed E-state index contributed by atoms with van der Waals surface area (Å²) in [6, 6.07) is 7.91. The maximum atomic E-state index is 12.6. The number of fused-ring (bicyclic) bond motifs is 1. The fourth-order valence-electron chi connectivity index (χ4n) is 2.35. The van der Waals surface area contributed by atoms with Crippen LogP contribution >= 0.6 is 23.1 Å². The zero-order chi connectivity index (χ0) is 17.1. The van der Waals surface area contributed by atoms with E-state index in [2.05, 4.69) is 10.3 Å². The van der Waals surface area contributed by atoms with E-state index in [0.717, 1.165) is 33.0 Å². The number of furan rings is 1. The monoisotopic (exact) mass is 360 g/mol. The molecule has 126 valence electrons. The summed E-state index contributed by atoms with van der Waals surface area (Å²) in [6.07, 6.45) is 0.883. The number of nitrogens with one attached hydrogen (secondary N) is 1. The van der Waals surface area contributed by atoms with Gasteiger partial charge in [-0.3, -0.25) is 4.79 Å². The molecule has 1 amide bonds. The summed E-state index contributed by atoms with van der Waals surface area (Å²) in [5.41, 5.74) is 2.70. The van der Waals surface area contributed by atoms with E-state index in [1.807, 2.05) is 50.4 Å². The maximum absolute atomic E-state index is 12.6. The molecule has 1 N–H and O–H groups in total. The van der Waals surface area contributed by atoms with Crippen molar-refractivity contribution in [1.29, 1.82) is 0 Å². The lowest BCUT2D eigenvalue weighted by atomic mass is 10.1. The third-order valence-electron chi connectivity index (χ3n) is 3.83. The molecule has 0 saturated heterocycles. The summed E-state index contributed by atoms with van der Waals surface area (Å²) in [6.45, 7) is 6.03. The normalized spacial score (nSPS) is 12.5. The van der Waals surface area contributed by atoms with Crippen LogP contribution in [-0.4, -0.2) is 16.9 Å². The first-order valence-electron chi connectivity index (χ1n) is 7.94. The molecule has 1 atom stereocenters. The number of benzene rings is 1. The second-order valence-electron chi connectivity index (χ2n) is 5.73. The molecule has 3 rings (SSSR count). The van der Waals surface area contributed by atoms with Crippen LogP contribution in [0.15, 0.2) is 38.4 Å². The lowest BCUT2D eigenvalue weighted by molar-refractivity contribution is 0.0912. The second kappa shape index (κ2) is 7.40. The average molecular weight is 361 g/mol. The first kappa shape index (κ1) is 17.0. The molecule has 0 radical (unpaired) electrons. The number of carbonyl (C=O) groups is 1. The van der Waals surface area contributed by atoms with Crippen molar-refractivity contribution in [2.75, 3.05) is 0 Å². The third kappa shape index (κ3) is 3.65. The number of thioether (sulfide) groups is 1. The van der Waals surface area contributed by atoms with Gasteiger partial charge in [0.2, 0.25) is 0 Å². The van der Waals surface area contributed by atoms with Crippen molar-refractivity contribution in [1.82, 2.24) is 10.3 Å². The van der Waals surface area contributed by atoms with Crippen LogP contribution in [0.1, 0.15) is 42.1 Å². The molecule has 0 aliphatic rings. The van der Waals surface area contributed by atoms with E-state index >= 15 is 0 Å². The molecule has 6 heteroatoms. The first-order chi connectivity index (χ1) is 11.6. The molecule has 0 bridgehead atoms. The smallest absolute Gasteiger partial charge is 0.287 e. The van der Waals surface area contributed by atoms with Gasteiger partial charge in [0, 0.05) is 33.8 Å². The minimum atomic E-state index is -0.147. The Hall–Kier alpha value is -1.79. The number of aryl methyl sites for hydroxylation is 1. The molecule has 0 fully saturated rings. The Bertz CT molecular complexity index is 854. The van der Waals surface area contributed by atoms with Crippen LogP contribution in [0.2, 0.25) is 0 Å². The highest BCUT2D eigenvalue weighted by Crippen LogP contribution is 2.33. The third-order valence-corrected chi connectivity index (χ3v) is 6.00. The fourth-order valence-corrected chi connectivity index (χ4v) is 4.23. The van der Waals surface area contributed by atoms with Crippen molar-refractivity contribution >= 4 is 40.0 Å². The summed E-state index contributed by atoms with van der Waals surface area (Å²) < 4.78 is 6.86. The molecule has 3 aromatic rings. The first-order valence-corrected chi connectivity index (χ1v) is 9.81. The molecular weight excluding hydrogens is 340 g/mol. The van der Waals surface area contributed by atoms with Gasteiger partial charge in [0.15, 0.2) is 5.76 Å². The Kier molecular flexibility index (Phi) is 5.26. The van der Waals surface area contributed by atoms with Gasteiger partial charge in [0.05, 0.1) is 0 Å². The number of rotatable bonds is 6. The molecule has 24 heavy (non-hydrogen) atoms. The van der Waals surface area contributed by atoms with Gasteiger partial charge >= 0.3 is 0 Å². The van der Waals surface area contributed by atoms with Crippen LogP contribution in [0.5, 0.6) is 0 Å². The lowest BCUT2D eigenvalue weighted by Gasteiger charge is -2.10. The van der Waals surface area contributed by atoms with E-state index in [4.69, 9.17) is 4.42 Å². The highest BCUT2D eigenvalue weighted by atomic mass is 32.2. The number of aromatic nitrogens is 1. The fraction of sp³-hybridized carbons (Fsp3) is 0.333. The van der Waals surface area contributed by atoms with Gasteiger partial charge in [-0.05, 0) is 26.3 Å². The predicted octanol–water partition coefficient (Wildman–Crippen LogP) is 5.02. The summed E-state index contributed by atoms with van der Waals surface area (Å²) in [5, 5.41) is 6.02. The molecule has 0 aliphatic heterocycles. The zero-order valence-corrected chi connectivity index (χ0v) is 15.6. The van der Waals surface area contributed by atoms with Crippen molar-refractivity contribution in [3.63, 3.8) is 0 Å². The van der Waals surface area contributed by atoms with Crippen LogP contribution in [0.25, 0.3) is 11.0 Å². The van der Waals surface area contributed by atoms with Crippen LogP contribution in [0.3, 0.4) is 0 Å². The minimum Gasteiger partial charge on any atom is -0.451 e. The Labute approximate surface area is 149 Å². The Morgan fingerprint density at radius 3 is 2.92 bits per heavy atom. The molecule has 1 unspecified atom stereocenters. The van der Waals surface area contributed by atoms with Crippen LogP contribution in [0.4, 0.5) is 0 Å². The van der Waals surface area contributed by atoms with E-state index in [1.54, 1.807) is 23.1 Å². The second-order valence-corrected chi connectivity index (χ2v) is 7.81. The summed E-state index contributed by atoms with van der Waals surface area (Å²) >= 11 is 3.26. The van der Waals surface area contributed by atoms with E-state index in [9.17, 15) is 4.79 Å². The summed E-state index contributed by atoms with van der Waals surface area (Å²) in [7, 11) is 0. The number of amides is 1. The minimum absolute atomic E-state index is 0.118. The quantitative estimate of drug-likeness (QED) is 0.627. The highest BCUT2D eigenvalue weighted by molar-refractivity contribution is 8.00. The molecule has 2 heterocycles. The molecule has 1 aromatic carbocycles. The maximum Gasteiger partial charge on any atom is 0.287 e. The van der Waals surface area contributed by atoms with Gasteiger partial charge in [-0.25, -0.2) is 4.98 Å². The van der Waals surface area contributed by atoms with Gasteiger partial charge in [-0.2, -0.15) is 0 Å². The Morgan fingerprint density at radius 1 is 1.42 bits per heavy atom. The number of hydrogen-bond donors (Lipinski definition) is 1. The van der Waals surface area contributed by atoms with E-state index in [1.165, 1.54) is 0 Å². The number of thiazole rings is 1. The van der Waals surface area contributed by atoms with Gasteiger partial charge in [0.1, 0.15) is 9.92 Å². The van der Waals surface area contributed by atoms with Gasteiger partial charge in [-0.15, -0.1) is 11.3 Å². The summed E-state index contributed by atoms with van der Waals surface area (Å²) in [4.78, 5) is 17.1. The van der Waals surface area contributed by atoms with E-state index in [-0.39, 0.29) is 11.9 Å². The molecule has 0 aliphatic carbocycles. The topological polar surface area (TPSA) is 55.1 Å². The van der Waals surface area contributed by atoms with Crippen molar-refractivity contribution in [2.24, 2.45) is 0 Å². The van der Waals surface area contributed by atoms with Crippen molar-refractivity contribution in [3.05, 3.63) is 46.7 Å². The molecule has 0 saturated carbocycles. The molecule has 4 nitrogen and oxygen atoms in total. The predicted molar refractivity (Wildman–Crippen MR) is 99.8 cm³/mol. The molecular formula is C18H20N2O2S2. The number of hydrogen-bond acceptors (Lipinski definition) is 5. The largest absolute Gasteiger partial charge is 0.451 e. The van der Waals surface area contributed by atoms with Crippen molar-refractivity contribution < 1.29 is 9.21 Å². The van der Waals surface area contributed by atoms with E-state index < -0.39 is 0 Å². The van der Waals surface area contributed by atoms with Crippen LogP contribution in [0, 0.1) is 6.92 Å². The number of nitrogens with zero attached hydrogens (tertiary/aromatic N) is 1. The lowest BCUT2D eigenvalue weighted by Crippen LogP contribution is -2.32. The zero-order valence-electron chi connectivity index (χ0n) is 14.0. The van der Waals surface area contributed by atoms with Gasteiger partial charge in [-0.1, -0.05) is 36.9 Å². The number of carbonyl (C=O) groups excluding carboxylic acids is 1. The van der Waals surface area contributed by atoms with E-state index in [0.29, 0.717) is 11.5 Å². The molecule has 2 aromatic heterocycles. The van der Waals surface area contributed by atoms with Crippen LogP contribution in [-0.2, 0) is 5.75 Å². The average Bonchev–Trinajstić information content (AvgIpc) is 3.16. The van der Waals surface area contributed by atoms with Gasteiger partial charge in [0.25, 0.3) is 5.91 Å². The summed E-state index contributed by atoms with van der Waals surface area (Å²) in [5.74, 6) is 0.927. The SMILES string of the molecule is CCC(C)NC(=O)c1oc2ccccc2c1CSc1nc(C)cs1.